The van der Waals surface area contributed by atoms with Crippen molar-refractivity contribution >= 4 is 17.3 Å². The lowest BCUT2D eigenvalue weighted by Crippen LogP contribution is -2.31. The predicted octanol–water partition coefficient (Wildman–Crippen LogP) is 3.37. The maximum Gasteiger partial charge on any atom is 0.0412 e. The molecule has 2 rings (SSSR count). The molecule has 2 nitrogen and oxygen atoms in total. The maximum atomic E-state index is 6.04. The number of hydrogen-bond donors (Lipinski definition) is 2. The Labute approximate surface area is 109 Å². The Morgan fingerprint density at radius 3 is 2.41 bits per heavy atom. The fraction of sp³-hybridized carbons (Fsp3) is 0.571. The maximum absolute atomic E-state index is 6.04. The molecule has 3 heteroatoms. The van der Waals surface area contributed by atoms with Crippen LogP contribution in [0.1, 0.15) is 24.0 Å². The predicted molar refractivity (Wildman–Crippen MR) is 75.0 cm³/mol. The Morgan fingerprint density at radius 1 is 1.24 bits per heavy atom. The second-order valence-corrected chi connectivity index (χ2v) is 5.43. The van der Waals surface area contributed by atoms with Gasteiger partial charge in [-0.3, -0.25) is 0 Å². The standard InChI is InChI=1S/C14H21ClN2/c1-10-7-13(15)8-11(2)14(10)17-9-12-3-5-16-6-4-12/h7-8,12,16-17H,3-6,9H2,1-2H3. The van der Waals surface area contributed by atoms with Crippen molar-refractivity contribution in [3.8, 4) is 0 Å². The average Bonchev–Trinajstić information content (AvgIpc) is 2.29. The summed E-state index contributed by atoms with van der Waals surface area (Å²) in [6, 6.07) is 4.05. The lowest BCUT2D eigenvalue weighted by atomic mass is 9.97. The zero-order valence-corrected chi connectivity index (χ0v) is 11.4. The van der Waals surface area contributed by atoms with E-state index in [2.05, 4.69) is 24.5 Å². The average molecular weight is 253 g/mol. The molecule has 0 saturated carbocycles. The molecule has 17 heavy (non-hydrogen) atoms. The Morgan fingerprint density at radius 2 is 1.82 bits per heavy atom. The highest BCUT2D eigenvalue weighted by atomic mass is 35.5. The van der Waals surface area contributed by atoms with Gasteiger partial charge in [0.2, 0.25) is 0 Å². The lowest BCUT2D eigenvalue weighted by molar-refractivity contribution is 0.390. The first-order chi connectivity index (χ1) is 8.16. The first-order valence-electron chi connectivity index (χ1n) is 6.38. The van der Waals surface area contributed by atoms with Crippen LogP contribution in [0.4, 0.5) is 5.69 Å². The molecule has 2 N–H and O–H groups in total. The van der Waals surface area contributed by atoms with E-state index in [4.69, 9.17) is 11.6 Å². The number of nitrogens with one attached hydrogen (secondary N) is 2. The van der Waals surface area contributed by atoms with Crippen LogP contribution in [-0.2, 0) is 0 Å². The molecule has 1 fully saturated rings. The molecule has 0 aliphatic carbocycles. The Hall–Kier alpha value is -0.730. The fourth-order valence-electron chi connectivity index (χ4n) is 2.52. The van der Waals surface area contributed by atoms with Crippen molar-refractivity contribution in [3.05, 3.63) is 28.3 Å². The Bertz CT molecular complexity index is 361. The van der Waals surface area contributed by atoms with Gasteiger partial charge in [-0.1, -0.05) is 11.6 Å². The molecule has 1 aliphatic rings. The van der Waals surface area contributed by atoms with Gasteiger partial charge < -0.3 is 10.6 Å². The van der Waals surface area contributed by atoms with Crippen molar-refractivity contribution in [3.63, 3.8) is 0 Å². The van der Waals surface area contributed by atoms with E-state index in [0.717, 1.165) is 30.6 Å². The normalized spacial score (nSPS) is 17.1. The molecular weight excluding hydrogens is 232 g/mol. The van der Waals surface area contributed by atoms with Crippen LogP contribution in [0.15, 0.2) is 12.1 Å². The number of anilines is 1. The summed E-state index contributed by atoms with van der Waals surface area (Å²) in [5, 5.41) is 7.82. The van der Waals surface area contributed by atoms with E-state index in [0.29, 0.717) is 0 Å². The van der Waals surface area contributed by atoms with Gasteiger partial charge in [-0.05, 0) is 69.0 Å². The SMILES string of the molecule is Cc1cc(Cl)cc(C)c1NCC1CCNCC1. The summed E-state index contributed by atoms with van der Waals surface area (Å²) >= 11 is 6.04. The molecule has 1 aromatic carbocycles. The van der Waals surface area contributed by atoms with Crippen LogP contribution in [0.5, 0.6) is 0 Å². The van der Waals surface area contributed by atoms with E-state index in [1.54, 1.807) is 0 Å². The van der Waals surface area contributed by atoms with E-state index >= 15 is 0 Å². The number of aryl methyl sites for hydroxylation is 2. The number of piperidine rings is 1. The van der Waals surface area contributed by atoms with Gasteiger partial charge in [-0.2, -0.15) is 0 Å². The summed E-state index contributed by atoms with van der Waals surface area (Å²) in [4.78, 5) is 0. The van der Waals surface area contributed by atoms with E-state index in [9.17, 15) is 0 Å². The molecule has 0 bridgehead atoms. The lowest BCUT2D eigenvalue weighted by Gasteiger charge is -2.24. The van der Waals surface area contributed by atoms with Crippen molar-refractivity contribution in [2.24, 2.45) is 5.92 Å². The molecular formula is C14H21ClN2. The molecule has 0 radical (unpaired) electrons. The highest BCUT2D eigenvalue weighted by molar-refractivity contribution is 6.30. The second-order valence-electron chi connectivity index (χ2n) is 4.99. The van der Waals surface area contributed by atoms with E-state index < -0.39 is 0 Å². The molecule has 1 heterocycles. The Balaban J connectivity index is 1.98. The third-order valence-electron chi connectivity index (χ3n) is 3.52. The van der Waals surface area contributed by atoms with Crippen LogP contribution in [-0.4, -0.2) is 19.6 Å². The number of halogens is 1. The minimum atomic E-state index is 0.797. The van der Waals surface area contributed by atoms with Gasteiger partial charge in [0.05, 0.1) is 0 Å². The Kier molecular flexibility index (Phi) is 4.30. The molecule has 0 amide bonds. The molecule has 1 aliphatic heterocycles. The topological polar surface area (TPSA) is 24.1 Å². The highest BCUT2D eigenvalue weighted by Crippen LogP contribution is 2.25. The van der Waals surface area contributed by atoms with E-state index in [1.807, 2.05) is 12.1 Å². The molecule has 0 atom stereocenters. The largest absolute Gasteiger partial charge is 0.384 e. The van der Waals surface area contributed by atoms with Gasteiger partial charge >= 0.3 is 0 Å². The summed E-state index contributed by atoms with van der Waals surface area (Å²) in [7, 11) is 0. The van der Waals surface area contributed by atoms with Crippen molar-refractivity contribution in [1.29, 1.82) is 0 Å². The van der Waals surface area contributed by atoms with Crippen LogP contribution in [0, 0.1) is 19.8 Å². The zero-order valence-electron chi connectivity index (χ0n) is 10.6. The molecule has 0 aromatic heterocycles. The molecule has 94 valence electrons. The third kappa shape index (κ3) is 3.36. The molecule has 1 aromatic rings. The summed E-state index contributed by atoms with van der Waals surface area (Å²) < 4.78 is 0. The van der Waals surface area contributed by atoms with Gasteiger partial charge in [0.25, 0.3) is 0 Å². The van der Waals surface area contributed by atoms with Gasteiger partial charge in [-0.15, -0.1) is 0 Å². The van der Waals surface area contributed by atoms with Crippen LogP contribution in [0.2, 0.25) is 5.02 Å². The minimum Gasteiger partial charge on any atom is -0.384 e. The van der Waals surface area contributed by atoms with Crippen molar-refractivity contribution in [2.45, 2.75) is 26.7 Å². The van der Waals surface area contributed by atoms with Crippen molar-refractivity contribution in [1.82, 2.24) is 5.32 Å². The smallest absolute Gasteiger partial charge is 0.0412 e. The third-order valence-corrected chi connectivity index (χ3v) is 3.74. The van der Waals surface area contributed by atoms with Crippen LogP contribution in [0.3, 0.4) is 0 Å². The van der Waals surface area contributed by atoms with Crippen LogP contribution >= 0.6 is 11.6 Å². The highest BCUT2D eigenvalue weighted by Gasteiger charge is 2.13. The van der Waals surface area contributed by atoms with Crippen LogP contribution in [0.25, 0.3) is 0 Å². The second kappa shape index (κ2) is 5.74. The molecule has 0 unspecified atom stereocenters. The number of benzene rings is 1. The summed E-state index contributed by atoms with van der Waals surface area (Å²) in [6.45, 7) is 7.62. The zero-order chi connectivity index (χ0) is 12.3. The van der Waals surface area contributed by atoms with Crippen molar-refractivity contribution in [2.75, 3.05) is 25.0 Å². The van der Waals surface area contributed by atoms with Gasteiger partial charge in [0.1, 0.15) is 0 Å². The fourth-order valence-corrected chi connectivity index (χ4v) is 2.85. The first-order valence-corrected chi connectivity index (χ1v) is 6.76. The van der Waals surface area contributed by atoms with E-state index in [-0.39, 0.29) is 0 Å². The van der Waals surface area contributed by atoms with Crippen molar-refractivity contribution < 1.29 is 0 Å². The van der Waals surface area contributed by atoms with E-state index in [1.165, 1.54) is 29.7 Å². The number of rotatable bonds is 3. The summed E-state index contributed by atoms with van der Waals surface area (Å²) in [5.74, 6) is 0.797. The molecule has 0 spiro atoms. The summed E-state index contributed by atoms with van der Waals surface area (Å²) in [5.41, 5.74) is 3.74. The first kappa shape index (κ1) is 12.7. The van der Waals surface area contributed by atoms with Gasteiger partial charge in [0, 0.05) is 17.3 Å². The minimum absolute atomic E-state index is 0.797. The monoisotopic (exact) mass is 252 g/mol. The number of hydrogen-bond acceptors (Lipinski definition) is 2. The van der Waals surface area contributed by atoms with Crippen LogP contribution < -0.4 is 10.6 Å². The quantitative estimate of drug-likeness (QED) is 0.862. The van der Waals surface area contributed by atoms with Gasteiger partial charge in [0.15, 0.2) is 0 Å². The molecule has 1 saturated heterocycles. The summed E-state index contributed by atoms with van der Waals surface area (Å²) in [6.07, 6.45) is 2.55. The van der Waals surface area contributed by atoms with Gasteiger partial charge in [-0.25, -0.2) is 0 Å².